The van der Waals surface area contributed by atoms with Gasteiger partial charge in [0.2, 0.25) is 0 Å². The van der Waals surface area contributed by atoms with E-state index in [0.717, 1.165) is 13.8 Å². The van der Waals surface area contributed by atoms with E-state index in [1.165, 1.54) is 31.5 Å². The number of ether oxygens (including phenoxy) is 2. The summed E-state index contributed by atoms with van der Waals surface area (Å²) in [5, 5.41) is 5.29. The van der Waals surface area contributed by atoms with E-state index in [9.17, 15) is 18.0 Å². The van der Waals surface area contributed by atoms with Gasteiger partial charge in [-0.15, -0.1) is 0 Å². The molecule has 2 aromatic carbocycles. The average molecular weight is 513 g/mol. The molecule has 0 aliphatic heterocycles. The zero-order valence-corrected chi connectivity index (χ0v) is 19.8. The Hall–Kier alpha value is -3.31. The van der Waals surface area contributed by atoms with Crippen molar-refractivity contribution in [3.63, 3.8) is 0 Å². The molecule has 0 spiro atoms. The third-order valence-corrected chi connectivity index (χ3v) is 5.36. The molecule has 1 aromatic heterocycles. The lowest BCUT2D eigenvalue weighted by atomic mass is 10.1. The predicted molar refractivity (Wildman–Crippen MR) is 128 cm³/mol. The second-order valence-electron chi connectivity index (χ2n) is 7.69. The molecule has 12 heteroatoms. The number of halogens is 4. The summed E-state index contributed by atoms with van der Waals surface area (Å²) in [6, 6.07) is 9.20. The van der Waals surface area contributed by atoms with E-state index in [0.29, 0.717) is 22.4 Å². The van der Waals surface area contributed by atoms with Crippen molar-refractivity contribution in [1.29, 1.82) is 0 Å². The molecule has 7 nitrogen and oxygen atoms in total. The monoisotopic (exact) mass is 512 g/mol. The molecule has 34 heavy (non-hydrogen) atoms. The molecule has 180 valence electrons. The molecule has 3 aromatic rings. The third kappa shape index (κ3) is 5.42. The number of pyridine rings is 1. The van der Waals surface area contributed by atoms with Crippen LogP contribution in [0.15, 0.2) is 42.6 Å². The maximum absolute atomic E-state index is 13.1. The number of nitrogens with two attached hydrogens (primary N) is 1. The van der Waals surface area contributed by atoms with Crippen LogP contribution in [0.3, 0.4) is 0 Å². The van der Waals surface area contributed by atoms with Crippen LogP contribution < -0.4 is 25.8 Å². The number of aromatic nitrogens is 1. The van der Waals surface area contributed by atoms with E-state index >= 15 is 0 Å². The van der Waals surface area contributed by atoms with Gasteiger partial charge in [-0.3, -0.25) is 9.78 Å². The number of hydrogen-bond donors (Lipinski definition) is 3. The van der Waals surface area contributed by atoms with Gasteiger partial charge < -0.3 is 25.8 Å². The van der Waals surface area contributed by atoms with Gasteiger partial charge in [-0.05, 0) is 50.3 Å². The molecule has 0 bridgehead atoms. The van der Waals surface area contributed by atoms with E-state index in [-0.39, 0.29) is 27.1 Å². The van der Waals surface area contributed by atoms with Crippen molar-refractivity contribution < 1.29 is 27.4 Å². The average Bonchev–Trinajstić information content (AvgIpc) is 2.73. The highest BCUT2D eigenvalue weighted by Gasteiger charge is 2.47. The van der Waals surface area contributed by atoms with Crippen LogP contribution in [-0.2, 0) is 0 Å². The Balaban J connectivity index is 1.84. The number of hydrogen-bond acceptors (Lipinski definition) is 5. The molecule has 0 unspecified atom stereocenters. The van der Waals surface area contributed by atoms with Crippen LogP contribution >= 0.6 is 23.8 Å². The van der Waals surface area contributed by atoms with Crippen molar-refractivity contribution >= 4 is 51.4 Å². The minimum atomic E-state index is -4.51. The number of amides is 1. The summed E-state index contributed by atoms with van der Waals surface area (Å²) in [4.78, 5) is 16.0. The quantitative estimate of drug-likeness (QED) is 0.379. The Morgan fingerprint density at radius 2 is 1.85 bits per heavy atom. The van der Waals surface area contributed by atoms with Crippen molar-refractivity contribution in [2.24, 2.45) is 5.73 Å². The topological polar surface area (TPSA) is 98.5 Å². The van der Waals surface area contributed by atoms with Crippen LogP contribution in [-0.4, -0.2) is 34.8 Å². The van der Waals surface area contributed by atoms with Crippen LogP contribution in [0.2, 0.25) is 5.02 Å². The van der Waals surface area contributed by atoms with Crippen LogP contribution in [0.5, 0.6) is 17.2 Å². The molecule has 0 radical (unpaired) electrons. The number of anilines is 1. The zero-order chi connectivity index (χ0) is 25.3. The fourth-order valence-electron chi connectivity index (χ4n) is 2.89. The Morgan fingerprint density at radius 3 is 2.44 bits per heavy atom. The number of nitrogens with zero attached hydrogens (tertiary/aromatic N) is 1. The summed E-state index contributed by atoms with van der Waals surface area (Å²) in [5.74, 6) is 0.303. The summed E-state index contributed by atoms with van der Waals surface area (Å²) < 4.78 is 50.3. The first-order valence-electron chi connectivity index (χ1n) is 9.72. The third-order valence-electron chi connectivity index (χ3n) is 4.84. The highest BCUT2D eigenvalue weighted by molar-refractivity contribution is 7.80. The molecule has 0 saturated heterocycles. The fourth-order valence-corrected chi connectivity index (χ4v) is 3.48. The molecule has 1 heterocycles. The number of primary amides is 1. The van der Waals surface area contributed by atoms with Crippen molar-refractivity contribution in [2.45, 2.75) is 25.6 Å². The van der Waals surface area contributed by atoms with Crippen LogP contribution in [0.25, 0.3) is 10.9 Å². The number of thiocarbonyl (C=S) groups is 1. The summed E-state index contributed by atoms with van der Waals surface area (Å²) in [6.07, 6.45) is -2.99. The summed E-state index contributed by atoms with van der Waals surface area (Å²) in [6.45, 7) is 1.94. The fraction of sp³-hybridized carbons (Fsp3) is 0.227. The molecule has 4 N–H and O–H groups in total. The van der Waals surface area contributed by atoms with Crippen molar-refractivity contribution in [3.05, 3.63) is 53.2 Å². The highest BCUT2D eigenvalue weighted by atomic mass is 35.5. The molecule has 3 rings (SSSR count). The summed E-state index contributed by atoms with van der Waals surface area (Å²) >= 11 is 11.3. The molecular weight excluding hydrogens is 493 g/mol. The molecule has 1 amide bonds. The van der Waals surface area contributed by atoms with Crippen molar-refractivity contribution in [2.75, 3.05) is 12.4 Å². The number of fused-ring (bicyclic) bond motifs is 1. The second-order valence-corrected chi connectivity index (χ2v) is 8.50. The van der Waals surface area contributed by atoms with E-state index < -0.39 is 17.6 Å². The van der Waals surface area contributed by atoms with Gasteiger partial charge in [0, 0.05) is 23.7 Å². The maximum atomic E-state index is 13.1. The number of benzene rings is 2. The largest absolute Gasteiger partial charge is 0.496 e. The molecule has 0 aliphatic rings. The van der Waals surface area contributed by atoms with E-state index in [4.69, 9.17) is 39.0 Å². The first-order chi connectivity index (χ1) is 15.8. The lowest BCUT2D eigenvalue weighted by molar-refractivity contribution is -0.181. The zero-order valence-electron chi connectivity index (χ0n) is 18.2. The van der Waals surface area contributed by atoms with Crippen LogP contribution in [0, 0.1) is 0 Å². The Kier molecular flexibility index (Phi) is 7.08. The van der Waals surface area contributed by atoms with Gasteiger partial charge in [-0.25, -0.2) is 0 Å². The number of nitrogens with one attached hydrogen (secondary N) is 2. The minimum absolute atomic E-state index is 0.157. The van der Waals surface area contributed by atoms with Gasteiger partial charge in [0.15, 0.2) is 5.11 Å². The number of methoxy groups -OCH3 is 1. The van der Waals surface area contributed by atoms with E-state index in [1.807, 2.05) is 0 Å². The number of alkyl halides is 3. The summed E-state index contributed by atoms with van der Waals surface area (Å²) in [7, 11) is 1.41. The Labute approximate surface area is 203 Å². The van der Waals surface area contributed by atoms with Gasteiger partial charge in [0.05, 0.1) is 28.9 Å². The SMILES string of the molecule is COc1cc2nccc(Oc3ccc(NC(=S)NC(C)(C)C(F)(F)F)c(Cl)c3)c2cc1C(N)=O. The second kappa shape index (κ2) is 9.51. The highest BCUT2D eigenvalue weighted by Crippen LogP contribution is 2.35. The van der Waals surface area contributed by atoms with Gasteiger partial charge in [0.25, 0.3) is 5.91 Å². The molecule has 0 aliphatic carbocycles. The van der Waals surface area contributed by atoms with Gasteiger partial charge in [-0.2, -0.15) is 13.2 Å². The Bertz CT molecular complexity index is 1270. The van der Waals surface area contributed by atoms with Crippen LogP contribution in [0.1, 0.15) is 24.2 Å². The number of carbonyl (C=O) groups is 1. The van der Waals surface area contributed by atoms with Crippen molar-refractivity contribution in [1.82, 2.24) is 10.3 Å². The normalized spacial score (nSPS) is 11.7. The van der Waals surface area contributed by atoms with E-state index in [2.05, 4.69) is 15.6 Å². The van der Waals surface area contributed by atoms with Crippen molar-refractivity contribution in [3.8, 4) is 17.2 Å². The van der Waals surface area contributed by atoms with Gasteiger partial charge >= 0.3 is 6.18 Å². The van der Waals surface area contributed by atoms with Gasteiger partial charge in [0.1, 0.15) is 22.8 Å². The lowest BCUT2D eigenvalue weighted by Crippen LogP contribution is -2.55. The first kappa shape index (κ1) is 25.3. The Morgan fingerprint density at radius 1 is 1.15 bits per heavy atom. The van der Waals surface area contributed by atoms with Crippen LogP contribution in [0.4, 0.5) is 18.9 Å². The smallest absolute Gasteiger partial charge is 0.410 e. The predicted octanol–water partition coefficient (Wildman–Crippen LogP) is 5.42. The molecule has 0 saturated carbocycles. The molecular formula is C22H20ClF3N4O3S. The molecule has 0 atom stereocenters. The number of carbonyl (C=O) groups excluding carboxylic acids is 1. The lowest BCUT2D eigenvalue weighted by Gasteiger charge is -2.30. The molecule has 0 fully saturated rings. The van der Waals surface area contributed by atoms with Gasteiger partial charge in [-0.1, -0.05) is 11.6 Å². The first-order valence-corrected chi connectivity index (χ1v) is 10.5. The summed E-state index contributed by atoms with van der Waals surface area (Å²) in [5.41, 5.74) is 4.15. The number of rotatable bonds is 6. The van der Waals surface area contributed by atoms with E-state index in [1.54, 1.807) is 18.2 Å². The minimum Gasteiger partial charge on any atom is -0.496 e. The maximum Gasteiger partial charge on any atom is 0.410 e. The standard InChI is InChI=1S/C22H20ClF3N4O3S/c1-21(2,22(24,25)26)30-20(34)29-15-5-4-11(8-14(15)23)33-17-6-7-28-16-10-18(32-3)13(19(27)31)9-12(16)17/h4-10H,1-3H3,(H2,27,31)(H2,29,30,34).